The van der Waals surface area contributed by atoms with Crippen LogP contribution in [0.2, 0.25) is 0 Å². The Morgan fingerprint density at radius 1 is 1.00 bits per heavy atom. The molecule has 0 rings (SSSR count). The van der Waals surface area contributed by atoms with Gasteiger partial charge in [-0.3, -0.25) is 0 Å². The Morgan fingerprint density at radius 2 is 1.40 bits per heavy atom. The van der Waals surface area contributed by atoms with E-state index in [9.17, 15) is 0 Å². The Labute approximate surface area is 67.0 Å². The summed E-state index contributed by atoms with van der Waals surface area (Å²) in [6.45, 7) is 9.23. The molecule has 0 aromatic heterocycles. The zero-order valence-corrected chi connectivity index (χ0v) is 7.33. The minimum absolute atomic E-state index is 0. The van der Waals surface area contributed by atoms with Crippen LogP contribution in [0.3, 0.4) is 0 Å². The van der Waals surface area contributed by atoms with Crippen LogP contribution < -0.4 is 0 Å². The Kier molecular flexibility index (Phi) is 7.29. The van der Waals surface area contributed by atoms with E-state index < -0.39 is 0 Å². The van der Waals surface area contributed by atoms with Gasteiger partial charge >= 0.3 is 0 Å². The molecule has 0 saturated heterocycles. The van der Waals surface area contributed by atoms with Gasteiger partial charge in [0.05, 0.1) is 0 Å². The molecule has 0 radical (unpaired) electrons. The molecule has 0 aromatic carbocycles. The minimum Gasteiger partial charge on any atom is -0.0776 e. The summed E-state index contributed by atoms with van der Waals surface area (Å²) < 4.78 is 0. The van der Waals surface area contributed by atoms with Crippen molar-refractivity contribution >= 4 is 0 Å². The van der Waals surface area contributed by atoms with Crippen molar-refractivity contribution in [3.63, 3.8) is 0 Å². The number of hydrogen-bond acceptors (Lipinski definition) is 0. The highest BCUT2D eigenvalue weighted by molar-refractivity contribution is 4.69. The molecule has 64 valence electrons. The molecule has 0 nitrogen and oxygen atoms in total. The summed E-state index contributed by atoms with van der Waals surface area (Å²) in [6, 6.07) is 0. The number of hydrogen-bond donors (Lipinski definition) is 0. The summed E-state index contributed by atoms with van der Waals surface area (Å²) in [5.74, 6) is 0. The summed E-state index contributed by atoms with van der Waals surface area (Å²) in [5.41, 5.74) is 0.634. The topological polar surface area (TPSA) is 0 Å². The second kappa shape index (κ2) is 5.76. The van der Waals surface area contributed by atoms with Gasteiger partial charge in [-0.05, 0) is 11.8 Å². The third-order valence-electron chi connectivity index (χ3n) is 2.56. The lowest BCUT2D eigenvalue weighted by molar-refractivity contribution is 0.270. The average molecular weight is 144 g/mol. The van der Waals surface area contributed by atoms with E-state index in [0.717, 1.165) is 0 Å². The Balaban J connectivity index is 0. The van der Waals surface area contributed by atoms with Crippen LogP contribution in [-0.4, -0.2) is 0 Å². The minimum atomic E-state index is 0. The SMILES string of the molecule is C.CCCC(C)(CC)CC. The molecule has 0 fully saturated rings. The Morgan fingerprint density at radius 3 is 1.50 bits per heavy atom. The molecule has 0 aliphatic carbocycles. The lowest BCUT2D eigenvalue weighted by Crippen LogP contribution is -2.12. The van der Waals surface area contributed by atoms with Crippen LogP contribution in [0.25, 0.3) is 0 Å². The van der Waals surface area contributed by atoms with Crippen molar-refractivity contribution < 1.29 is 0 Å². The van der Waals surface area contributed by atoms with E-state index >= 15 is 0 Å². The summed E-state index contributed by atoms with van der Waals surface area (Å²) in [7, 11) is 0. The molecule has 0 aliphatic heterocycles. The smallest absolute Gasteiger partial charge is 0.0331 e. The van der Waals surface area contributed by atoms with E-state index in [4.69, 9.17) is 0 Å². The fraction of sp³-hybridized carbons (Fsp3) is 1.00. The van der Waals surface area contributed by atoms with E-state index in [0.29, 0.717) is 5.41 Å². The monoisotopic (exact) mass is 144 g/mol. The molecule has 0 heterocycles. The first-order valence-electron chi connectivity index (χ1n) is 4.18. The van der Waals surface area contributed by atoms with Crippen molar-refractivity contribution in [2.45, 2.75) is 60.8 Å². The fourth-order valence-corrected chi connectivity index (χ4v) is 1.21. The van der Waals surface area contributed by atoms with Crippen LogP contribution in [0, 0.1) is 5.41 Å². The van der Waals surface area contributed by atoms with Gasteiger partial charge in [-0.15, -0.1) is 0 Å². The first-order valence-corrected chi connectivity index (χ1v) is 4.18. The molecule has 0 amide bonds. The third-order valence-corrected chi connectivity index (χ3v) is 2.56. The van der Waals surface area contributed by atoms with Crippen LogP contribution >= 0.6 is 0 Å². The van der Waals surface area contributed by atoms with Crippen LogP contribution in [-0.2, 0) is 0 Å². The molecule has 0 unspecified atom stereocenters. The first kappa shape index (κ1) is 12.7. The molecule has 0 saturated carbocycles. The molecule has 0 heteroatoms. The van der Waals surface area contributed by atoms with Crippen molar-refractivity contribution in [1.29, 1.82) is 0 Å². The summed E-state index contributed by atoms with van der Waals surface area (Å²) in [4.78, 5) is 0. The molecule has 0 bridgehead atoms. The van der Waals surface area contributed by atoms with Crippen molar-refractivity contribution in [2.75, 3.05) is 0 Å². The molecule has 0 aromatic rings. The second-order valence-electron chi connectivity index (χ2n) is 3.27. The maximum atomic E-state index is 2.39. The molecule has 0 spiro atoms. The van der Waals surface area contributed by atoms with Gasteiger partial charge in [0.15, 0.2) is 0 Å². The number of rotatable bonds is 4. The molecule has 0 atom stereocenters. The van der Waals surface area contributed by atoms with Gasteiger partial charge in [0.2, 0.25) is 0 Å². The van der Waals surface area contributed by atoms with E-state index in [1.165, 1.54) is 25.7 Å². The van der Waals surface area contributed by atoms with E-state index in [-0.39, 0.29) is 7.43 Å². The maximum absolute atomic E-state index is 2.39. The highest BCUT2D eigenvalue weighted by Gasteiger charge is 2.16. The van der Waals surface area contributed by atoms with Gasteiger partial charge in [-0.25, -0.2) is 0 Å². The predicted octanol–water partition coefficient (Wildman–Crippen LogP) is 4.25. The highest BCUT2D eigenvalue weighted by atomic mass is 14.2. The van der Waals surface area contributed by atoms with Gasteiger partial charge in [-0.2, -0.15) is 0 Å². The normalized spacial score (nSPS) is 10.8. The van der Waals surface area contributed by atoms with Gasteiger partial charge in [0, 0.05) is 0 Å². The largest absolute Gasteiger partial charge is 0.0776 e. The van der Waals surface area contributed by atoms with E-state index in [2.05, 4.69) is 27.7 Å². The molecule has 0 N–H and O–H groups in total. The van der Waals surface area contributed by atoms with Crippen LogP contribution in [0.4, 0.5) is 0 Å². The van der Waals surface area contributed by atoms with Crippen LogP contribution in [0.5, 0.6) is 0 Å². The lowest BCUT2D eigenvalue weighted by atomic mass is 9.81. The van der Waals surface area contributed by atoms with Gasteiger partial charge in [0.1, 0.15) is 0 Å². The van der Waals surface area contributed by atoms with Gasteiger partial charge in [0.25, 0.3) is 0 Å². The Hall–Kier alpha value is 0. The van der Waals surface area contributed by atoms with Crippen molar-refractivity contribution in [2.24, 2.45) is 5.41 Å². The van der Waals surface area contributed by atoms with E-state index in [1.54, 1.807) is 0 Å². The van der Waals surface area contributed by atoms with Gasteiger partial charge < -0.3 is 0 Å². The molecular weight excluding hydrogens is 120 g/mol. The summed E-state index contributed by atoms with van der Waals surface area (Å²) in [6.07, 6.45) is 5.38. The highest BCUT2D eigenvalue weighted by Crippen LogP contribution is 2.30. The van der Waals surface area contributed by atoms with E-state index in [1.807, 2.05) is 0 Å². The predicted molar refractivity (Wildman–Crippen MR) is 50.3 cm³/mol. The standard InChI is InChI=1S/C9H20.CH4/c1-5-8-9(4,6-2)7-3;/h5-8H2,1-4H3;1H4. The second-order valence-corrected chi connectivity index (χ2v) is 3.27. The zero-order chi connectivity index (χ0) is 7.33. The van der Waals surface area contributed by atoms with Crippen molar-refractivity contribution in [3.8, 4) is 0 Å². The third kappa shape index (κ3) is 3.92. The van der Waals surface area contributed by atoms with Crippen LogP contribution in [0.1, 0.15) is 60.8 Å². The maximum Gasteiger partial charge on any atom is -0.0331 e. The molecular formula is C10H24. The lowest BCUT2D eigenvalue weighted by Gasteiger charge is -2.25. The molecule has 0 aliphatic rings. The van der Waals surface area contributed by atoms with Crippen molar-refractivity contribution in [3.05, 3.63) is 0 Å². The fourth-order valence-electron chi connectivity index (χ4n) is 1.21. The average Bonchev–Trinajstić information content (AvgIpc) is 1.89. The molecule has 10 heavy (non-hydrogen) atoms. The Bertz CT molecular complexity index is 60.4. The quantitative estimate of drug-likeness (QED) is 0.553. The zero-order valence-electron chi connectivity index (χ0n) is 7.33. The van der Waals surface area contributed by atoms with Crippen molar-refractivity contribution in [1.82, 2.24) is 0 Å². The van der Waals surface area contributed by atoms with Crippen LogP contribution in [0.15, 0.2) is 0 Å². The summed E-state index contributed by atoms with van der Waals surface area (Å²) >= 11 is 0. The summed E-state index contributed by atoms with van der Waals surface area (Å²) in [5, 5.41) is 0. The first-order chi connectivity index (χ1) is 4.18. The van der Waals surface area contributed by atoms with Gasteiger partial charge in [-0.1, -0.05) is 54.4 Å².